The van der Waals surface area contributed by atoms with Gasteiger partial charge in [-0.3, -0.25) is 24.6 Å². The molecule has 2 heterocycles. The predicted molar refractivity (Wildman–Crippen MR) is 104 cm³/mol. The number of aryl methyl sites for hydroxylation is 1. The minimum absolute atomic E-state index is 0.228. The molecule has 6 nitrogen and oxygen atoms in total. The number of hydrogen-bond donors (Lipinski definition) is 1. The van der Waals surface area contributed by atoms with Gasteiger partial charge in [-0.1, -0.05) is 29.8 Å². The highest BCUT2D eigenvalue weighted by Gasteiger charge is 2.67. The minimum Gasteiger partial charge on any atom is -0.465 e. The van der Waals surface area contributed by atoms with E-state index in [-0.39, 0.29) is 18.4 Å². The highest BCUT2D eigenvalue weighted by atomic mass is 32.2. The molecular weight excluding hydrogens is 364 g/mol. The summed E-state index contributed by atoms with van der Waals surface area (Å²) in [4.78, 5) is 40.1. The molecule has 1 aromatic rings. The molecule has 27 heavy (non-hydrogen) atoms. The van der Waals surface area contributed by atoms with E-state index < -0.39 is 29.4 Å². The number of nitrogens with one attached hydrogen (secondary N) is 1. The zero-order valence-electron chi connectivity index (χ0n) is 16.2. The van der Waals surface area contributed by atoms with Crippen molar-refractivity contribution in [2.24, 2.45) is 11.8 Å². The molecule has 0 aromatic heterocycles. The Kier molecular flexibility index (Phi) is 5.63. The van der Waals surface area contributed by atoms with E-state index in [4.69, 9.17) is 4.74 Å². The molecule has 0 radical (unpaired) electrons. The summed E-state index contributed by atoms with van der Waals surface area (Å²) in [5.41, 5.74) is 0.831. The molecule has 4 atom stereocenters. The molecule has 0 spiro atoms. The van der Waals surface area contributed by atoms with Crippen molar-refractivity contribution in [2.45, 2.75) is 31.8 Å². The standard InChI is InChI=1S/C20H26N2O4S/c1-5-26-19(25)20(10-11-27-4)15-14(17(23)22(3)18(15)24)16(21-20)13-8-6-12(2)7-9-13/h6-9,14-16,21H,5,10-11H2,1-4H3. The maximum absolute atomic E-state index is 13.0. The zero-order valence-corrected chi connectivity index (χ0v) is 17.0. The van der Waals surface area contributed by atoms with Crippen LogP contribution in [0.1, 0.15) is 30.5 Å². The van der Waals surface area contributed by atoms with Crippen molar-refractivity contribution in [3.05, 3.63) is 35.4 Å². The average molecular weight is 391 g/mol. The first-order valence-corrected chi connectivity index (χ1v) is 10.6. The number of fused-ring (bicyclic) bond motifs is 1. The lowest BCUT2D eigenvalue weighted by molar-refractivity contribution is -0.156. The van der Waals surface area contributed by atoms with Gasteiger partial charge >= 0.3 is 5.97 Å². The second-order valence-electron chi connectivity index (χ2n) is 7.21. The number of nitrogens with zero attached hydrogens (tertiary/aromatic N) is 1. The Morgan fingerprint density at radius 1 is 1.26 bits per heavy atom. The summed E-state index contributed by atoms with van der Waals surface area (Å²) in [7, 11) is 1.50. The number of amides is 2. The molecule has 2 amide bonds. The van der Waals surface area contributed by atoms with Crippen LogP contribution in [0.2, 0.25) is 0 Å². The highest BCUT2D eigenvalue weighted by Crippen LogP contribution is 2.50. The second kappa shape index (κ2) is 7.64. The van der Waals surface area contributed by atoms with E-state index in [0.717, 1.165) is 11.1 Å². The van der Waals surface area contributed by atoms with Gasteiger partial charge in [-0.15, -0.1) is 0 Å². The smallest absolute Gasteiger partial charge is 0.327 e. The molecule has 2 aliphatic heterocycles. The normalized spacial score (nSPS) is 29.9. The zero-order chi connectivity index (χ0) is 19.8. The van der Waals surface area contributed by atoms with Crippen LogP contribution in [0.4, 0.5) is 0 Å². The van der Waals surface area contributed by atoms with Crippen molar-refractivity contribution >= 4 is 29.5 Å². The van der Waals surface area contributed by atoms with Gasteiger partial charge in [0.05, 0.1) is 18.4 Å². The second-order valence-corrected chi connectivity index (χ2v) is 8.19. The molecule has 4 unspecified atom stereocenters. The number of rotatable bonds is 6. The quantitative estimate of drug-likeness (QED) is 0.591. The number of carbonyl (C=O) groups excluding carboxylic acids is 3. The highest BCUT2D eigenvalue weighted by molar-refractivity contribution is 7.98. The average Bonchev–Trinajstić information content (AvgIpc) is 3.11. The van der Waals surface area contributed by atoms with Crippen molar-refractivity contribution in [2.75, 3.05) is 25.7 Å². The van der Waals surface area contributed by atoms with Crippen LogP contribution in [-0.4, -0.2) is 53.9 Å². The third kappa shape index (κ3) is 3.17. The fourth-order valence-electron chi connectivity index (χ4n) is 4.25. The van der Waals surface area contributed by atoms with Crippen molar-refractivity contribution in [3.8, 4) is 0 Å². The van der Waals surface area contributed by atoms with Gasteiger partial charge in [0.15, 0.2) is 0 Å². The topological polar surface area (TPSA) is 75.7 Å². The van der Waals surface area contributed by atoms with E-state index in [1.807, 2.05) is 37.4 Å². The van der Waals surface area contributed by atoms with E-state index in [1.165, 1.54) is 11.9 Å². The monoisotopic (exact) mass is 390 g/mol. The van der Waals surface area contributed by atoms with E-state index in [2.05, 4.69) is 5.32 Å². The first kappa shape index (κ1) is 19.9. The van der Waals surface area contributed by atoms with Gasteiger partial charge in [-0.05, 0) is 37.8 Å². The Balaban J connectivity index is 2.10. The third-order valence-corrected chi connectivity index (χ3v) is 6.26. The lowest BCUT2D eigenvalue weighted by atomic mass is 9.78. The Hall–Kier alpha value is -1.86. The van der Waals surface area contributed by atoms with Gasteiger partial charge in [-0.2, -0.15) is 11.8 Å². The van der Waals surface area contributed by atoms with Crippen molar-refractivity contribution < 1.29 is 19.1 Å². The first-order valence-electron chi connectivity index (χ1n) is 9.19. The molecule has 1 N–H and O–H groups in total. The van der Waals surface area contributed by atoms with Crippen molar-refractivity contribution in [1.82, 2.24) is 10.2 Å². The molecule has 0 aliphatic carbocycles. The van der Waals surface area contributed by atoms with Crippen LogP contribution >= 0.6 is 11.8 Å². The lowest BCUT2D eigenvalue weighted by Crippen LogP contribution is -2.56. The summed E-state index contributed by atoms with van der Waals surface area (Å²) in [6.45, 7) is 3.97. The van der Waals surface area contributed by atoms with Gasteiger partial charge in [0.1, 0.15) is 5.54 Å². The molecule has 146 valence electrons. The molecule has 2 fully saturated rings. The van der Waals surface area contributed by atoms with E-state index >= 15 is 0 Å². The Morgan fingerprint density at radius 3 is 2.52 bits per heavy atom. The SMILES string of the molecule is CCOC(=O)C1(CCSC)NC(c2ccc(C)cc2)C2C(=O)N(C)C(=O)C21. The van der Waals surface area contributed by atoms with Crippen LogP contribution in [0.15, 0.2) is 24.3 Å². The number of thioether (sulfide) groups is 1. The minimum atomic E-state index is -1.18. The molecule has 2 aliphatic rings. The summed E-state index contributed by atoms with van der Waals surface area (Å²) >= 11 is 1.60. The summed E-state index contributed by atoms with van der Waals surface area (Å²) in [6.07, 6.45) is 2.39. The number of likely N-dealkylation sites (tertiary alicyclic amines) is 1. The van der Waals surface area contributed by atoms with Gasteiger partial charge in [0.2, 0.25) is 11.8 Å². The Morgan fingerprint density at radius 2 is 1.93 bits per heavy atom. The van der Waals surface area contributed by atoms with Crippen LogP contribution in [-0.2, 0) is 19.1 Å². The molecule has 0 bridgehead atoms. The van der Waals surface area contributed by atoms with Gasteiger partial charge in [0, 0.05) is 13.1 Å². The number of ether oxygens (including phenoxy) is 1. The fourth-order valence-corrected chi connectivity index (χ4v) is 4.78. The molecular formula is C20H26N2O4S. The van der Waals surface area contributed by atoms with Crippen LogP contribution in [0, 0.1) is 18.8 Å². The summed E-state index contributed by atoms with van der Waals surface area (Å²) < 4.78 is 5.36. The largest absolute Gasteiger partial charge is 0.465 e. The molecule has 3 rings (SSSR count). The third-order valence-electron chi connectivity index (χ3n) is 5.65. The van der Waals surface area contributed by atoms with Crippen LogP contribution in [0.25, 0.3) is 0 Å². The Bertz CT molecular complexity index is 751. The van der Waals surface area contributed by atoms with Gasteiger partial charge in [0.25, 0.3) is 0 Å². The van der Waals surface area contributed by atoms with Crippen molar-refractivity contribution in [1.29, 1.82) is 0 Å². The van der Waals surface area contributed by atoms with Gasteiger partial charge in [-0.25, -0.2) is 0 Å². The number of carbonyl (C=O) groups is 3. The number of benzene rings is 1. The van der Waals surface area contributed by atoms with Crippen LogP contribution in [0.5, 0.6) is 0 Å². The van der Waals surface area contributed by atoms with Crippen LogP contribution < -0.4 is 5.32 Å². The summed E-state index contributed by atoms with van der Waals surface area (Å²) in [5, 5.41) is 3.39. The summed E-state index contributed by atoms with van der Waals surface area (Å²) in [5.74, 6) is -1.65. The van der Waals surface area contributed by atoms with Crippen molar-refractivity contribution in [3.63, 3.8) is 0 Å². The first-order chi connectivity index (χ1) is 12.9. The number of hydrogen-bond acceptors (Lipinski definition) is 6. The maximum atomic E-state index is 13.0. The van der Waals surface area contributed by atoms with E-state index in [0.29, 0.717) is 12.2 Å². The number of esters is 1. The van der Waals surface area contributed by atoms with Crippen LogP contribution in [0.3, 0.4) is 0 Å². The van der Waals surface area contributed by atoms with E-state index in [1.54, 1.807) is 18.7 Å². The van der Waals surface area contributed by atoms with E-state index in [9.17, 15) is 14.4 Å². The number of imide groups is 1. The predicted octanol–water partition coefficient (Wildman–Crippen LogP) is 1.93. The Labute approximate surface area is 164 Å². The summed E-state index contributed by atoms with van der Waals surface area (Å²) in [6, 6.07) is 7.46. The maximum Gasteiger partial charge on any atom is 0.327 e. The lowest BCUT2D eigenvalue weighted by Gasteiger charge is -2.32. The fraction of sp³-hybridized carbons (Fsp3) is 0.550. The molecule has 0 saturated carbocycles. The molecule has 7 heteroatoms. The molecule has 2 saturated heterocycles. The molecule has 1 aromatic carbocycles. The van der Waals surface area contributed by atoms with Gasteiger partial charge < -0.3 is 4.74 Å².